The van der Waals surface area contributed by atoms with Gasteiger partial charge in [0.15, 0.2) is 0 Å². The van der Waals surface area contributed by atoms with Crippen LogP contribution in [0.2, 0.25) is 0 Å². The topological polar surface area (TPSA) is 12.9 Å². The van der Waals surface area contributed by atoms with Gasteiger partial charge in [-0.25, -0.2) is 0 Å². The monoisotopic (exact) mass is 131 g/mol. The molecule has 1 aliphatic rings. The van der Waals surface area contributed by atoms with Crippen LogP contribution in [0.1, 0.15) is 5.56 Å². The molecule has 0 N–H and O–H groups in total. The van der Waals surface area contributed by atoms with Gasteiger partial charge in [-0.05, 0) is 16.8 Å². The van der Waals surface area contributed by atoms with E-state index in [1.807, 2.05) is 18.5 Å². The van der Waals surface area contributed by atoms with Crippen LogP contribution in [0.3, 0.4) is 0 Å². The Morgan fingerprint density at radius 1 is 1.44 bits per heavy atom. The minimum absolute atomic E-state index is 0.837. The lowest BCUT2D eigenvalue weighted by atomic mass is 10.3. The van der Waals surface area contributed by atoms with E-state index >= 15 is 0 Å². The Bertz CT molecular complexity index is 255. The molecule has 0 saturated heterocycles. The smallest absolute Gasteiger partial charge is 0.114 e. The highest BCUT2D eigenvalue weighted by Gasteiger charge is 2.02. The summed E-state index contributed by atoms with van der Waals surface area (Å²) < 4.78 is 0. The summed E-state index contributed by atoms with van der Waals surface area (Å²) in [6.07, 6.45) is 5.92. The Kier molecular flexibility index (Phi) is 0.992. The van der Waals surface area contributed by atoms with E-state index in [0.29, 0.717) is 0 Å². The van der Waals surface area contributed by atoms with Gasteiger partial charge in [0.05, 0.1) is 0 Å². The van der Waals surface area contributed by atoms with E-state index in [9.17, 15) is 0 Å². The number of fused-ring (bicyclic) bond motifs is 1. The molecule has 0 bridgehead atoms. The molecule has 1 nitrogen and oxygen atoms in total. The van der Waals surface area contributed by atoms with E-state index in [1.165, 1.54) is 10.8 Å². The molecular weight excluding hydrogens is 126 g/mol. The lowest BCUT2D eigenvalue weighted by Gasteiger charge is -1.91. The lowest BCUT2D eigenvalue weighted by Crippen LogP contribution is -2.10. The van der Waals surface area contributed by atoms with Crippen molar-refractivity contribution in [3.8, 4) is 0 Å². The molecule has 0 fully saturated rings. The molecule has 0 aliphatic carbocycles. The van der Waals surface area contributed by atoms with Crippen LogP contribution < -0.4 is 5.19 Å². The summed E-state index contributed by atoms with van der Waals surface area (Å²) >= 11 is 0. The van der Waals surface area contributed by atoms with E-state index in [1.54, 1.807) is 0 Å². The first-order chi connectivity index (χ1) is 4.47. The minimum atomic E-state index is 0.837. The summed E-state index contributed by atoms with van der Waals surface area (Å²) in [6.45, 7) is 0. The maximum Gasteiger partial charge on any atom is 0.114 e. The van der Waals surface area contributed by atoms with Gasteiger partial charge < -0.3 is 0 Å². The molecule has 0 atom stereocenters. The fourth-order valence-corrected chi connectivity index (χ4v) is 1.82. The molecule has 42 valence electrons. The second-order valence-electron chi connectivity index (χ2n) is 1.94. The average Bonchev–Trinajstić information content (AvgIpc) is 2.33. The number of nitrogens with zero attached hydrogens (tertiary/aromatic N) is 1. The third-order valence-electron chi connectivity index (χ3n) is 1.36. The number of hydrogen-bond donors (Lipinski definition) is 0. The Morgan fingerprint density at radius 2 is 2.44 bits per heavy atom. The van der Waals surface area contributed by atoms with Gasteiger partial charge in [0.25, 0.3) is 0 Å². The first-order valence-corrected chi connectivity index (χ1v) is 3.92. The van der Waals surface area contributed by atoms with Gasteiger partial charge in [0.2, 0.25) is 0 Å². The molecule has 2 radical (unpaired) electrons. The summed E-state index contributed by atoms with van der Waals surface area (Å²) in [5.41, 5.74) is 3.52. The Labute approximate surface area is 56.3 Å². The van der Waals surface area contributed by atoms with Crippen molar-refractivity contribution >= 4 is 20.8 Å². The lowest BCUT2D eigenvalue weighted by molar-refractivity contribution is 1.35. The van der Waals surface area contributed by atoms with Gasteiger partial charge in [0, 0.05) is 12.4 Å². The van der Waals surface area contributed by atoms with Gasteiger partial charge in [-0.1, -0.05) is 11.8 Å². The Morgan fingerprint density at radius 3 is 3.33 bits per heavy atom. The van der Waals surface area contributed by atoms with Crippen molar-refractivity contribution in [2.75, 3.05) is 0 Å². The van der Waals surface area contributed by atoms with Crippen molar-refractivity contribution in [1.29, 1.82) is 0 Å². The molecule has 2 heterocycles. The molecule has 0 saturated carbocycles. The zero-order valence-electron chi connectivity index (χ0n) is 4.83. The van der Waals surface area contributed by atoms with Crippen LogP contribution in [0.4, 0.5) is 0 Å². The van der Waals surface area contributed by atoms with Crippen molar-refractivity contribution < 1.29 is 0 Å². The maximum absolute atomic E-state index is 4.02. The van der Waals surface area contributed by atoms with E-state index in [2.05, 4.69) is 16.8 Å². The number of hydrogen-bond acceptors (Lipinski definition) is 1. The Hall–Kier alpha value is -0.893. The fourth-order valence-electron chi connectivity index (χ4n) is 0.892. The predicted octanol–water partition coefficient (Wildman–Crippen LogP) is 0.395. The zero-order chi connectivity index (χ0) is 6.10. The van der Waals surface area contributed by atoms with Gasteiger partial charge in [-0.3, -0.25) is 4.98 Å². The molecule has 0 amide bonds. The van der Waals surface area contributed by atoms with Crippen molar-refractivity contribution in [3.05, 3.63) is 29.7 Å². The van der Waals surface area contributed by atoms with Crippen LogP contribution >= 0.6 is 0 Å². The Balaban J connectivity index is 2.63. The molecule has 0 unspecified atom stereocenters. The highest BCUT2D eigenvalue weighted by atomic mass is 28.2. The molecule has 9 heavy (non-hydrogen) atoms. The molecule has 0 aromatic carbocycles. The molecule has 1 aromatic rings. The minimum Gasteiger partial charge on any atom is -0.265 e. The molecule has 2 heteroatoms. The summed E-state index contributed by atoms with van der Waals surface area (Å²) in [7, 11) is 0.837. The number of rotatable bonds is 0. The second kappa shape index (κ2) is 1.81. The first kappa shape index (κ1) is 4.94. The highest BCUT2D eigenvalue weighted by Crippen LogP contribution is 2.01. The van der Waals surface area contributed by atoms with E-state index < -0.39 is 0 Å². The zero-order valence-corrected chi connectivity index (χ0v) is 5.83. The summed E-state index contributed by atoms with van der Waals surface area (Å²) in [5.74, 6) is 0. The van der Waals surface area contributed by atoms with Crippen LogP contribution in [0, 0.1) is 0 Å². The number of aromatic nitrogens is 1. The normalized spacial score (nSPS) is 13.8. The van der Waals surface area contributed by atoms with Gasteiger partial charge >= 0.3 is 0 Å². The van der Waals surface area contributed by atoms with Crippen LogP contribution in [0.25, 0.3) is 6.08 Å². The summed E-state index contributed by atoms with van der Waals surface area (Å²) in [6, 6.07) is 2.05. The molecule has 1 aliphatic heterocycles. The van der Waals surface area contributed by atoms with Gasteiger partial charge in [-0.15, -0.1) is 0 Å². The van der Waals surface area contributed by atoms with Crippen molar-refractivity contribution in [2.45, 2.75) is 0 Å². The molecule has 1 aromatic heterocycles. The van der Waals surface area contributed by atoms with Crippen molar-refractivity contribution in [2.24, 2.45) is 0 Å². The van der Waals surface area contributed by atoms with Crippen molar-refractivity contribution in [3.63, 3.8) is 0 Å². The van der Waals surface area contributed by atoms with Crippen molar-refractivity contribution in [1.82, 2.24) is 4.98 Å². The predicted molar refractivity (Wildman–Crippen MR) is 38.7 cm³/mol. The molecular formula is C7H5NSi. The fraction of sp³-hybridized carbons (Fsp3) is 0. The molecule has 0 spiro atoms. The van der Waals surface area contributed by atoms with Gasteiger partial charge in [0.1, 0.15) is 9.52 Å². The first-order valence-electron chi connectivity index (χ1n) is 2.84. The number of pyridine rings is 1. The highest BCUT2D eigenvalue weighted by molar-refractivity contribution is 6.62. The van der Waals surface area contributed by atoms with E-state index in [0.717, 1.165) is 9.52 Å². The van der Waals surface area contributed by atoms with E-state index in [-0.39, 0.29) is 0 Å². The standard InChI is InChI=1S/C7H5NSi/c1-3-8-5-7-6(1)2-4-9-7/h1-5H. The molecule has 2 rings (SSSR count). The third-order valence-corrected chi connectivity index (χ3v) is 2.42. The van der Waals surface area contributed by atoms with Gasteiger partial charge in [-0.2, -0.15) is 0 Å². The average molecular weight is 131 g/mol. The third kappa shape index (κ3) is 0.714. The van der Waals surface area contributed by atoms with Crippen LogP contribution in [-0.4, -0.2) is 14.5 Å². The quantitative estimate of drug-likeness (QED) is 0.464. The SMILES string of the molecule is C1=Cc2ccncc2[Si]1. The van der Waals surface area contributed by atoms with Crippen LogP contribution in [-0.2, 0) is 0 Å². The largest absolute Gasteiger partial charge is 0.265 e. The summed E-state index contributed by atoms with van der Waals surface area (Å²) in [4.78, 5) is 4.02. The van der Waals surface area contributed by atoms with Crippen LogP contribution in [0.5, 0.6) is 0 Å². The maximum atomic E-state index is 4.02. The summed E-state index contributed by atoms with van der Waals surface area (Å²) in [5, 5.41) is 1.37. The van der Waals surface area contributed by atoms with Crippen LogP contribution in [0.15, 0.2) is 24.2 Å². The van der Waals surface area contributed by atoms with E-state index in [4.69, 9.17) is 0 Å². The second-order valence-corrected chi connectivity index (χ2v) is 3.10.